The van der Waals surface area contributed by atoms with Gasteiger partial charge >= 0.3 is 7.48 Å². The van der Waals surface area contributed by atoms with Crippen LogP contribution in [0.25, 0.3) is 11.0 Å². The summed E-state index contributed by atoms with van der Waals surface area (Å²) in [5, 5.41) is 25.7. The van der Waals surface area contributed by atoms with Gasteiger partial charge in [0.2, 0.25) is 0 Å². The molecule has 0 aliphatic heterocycles. The lowest BCUT2D eigenvalue weighted by Crippen LogP contribution is -2.43. The molecular formula is C22H32BN4O2. The molecule has 4 rings (SSSR count). The molecule has 2 saturated carbocycles. The van der Waals surface area contributed by atoms with Crippen molar-refractivity contribution in [3.63, 3.8) is 0 Å². The lowest BCUT2D eigenvalue weighted by molar-refractivity contribution is 0.0836. The highest BCUT2D eigenvalue weighted by Crippen LogP contribution is 2.48. The van der Waals surface area contributed by atoms with Gasteiger partial charge in [-0.3, -0.25) is 0 Å². The molecule has 6 nitrogen and oxygen atoms in total. The van der Waals surface area contributed by atoms with Crippen LogP contribution in [0.5, 0.6) is 0 Å². The predicted octanol–water partition coefficient (Wildman–Crippen LogP) is 2.33. The molecule has 0 amide bonds. The fourth-order valence-corrected chi connectivity index (χ4v) is 5.65. The number of aromatic amines is 1. The van der Waals surface area contributed by atoms with E-state index in [9.17, 15) is 10.1 Å². The zero-order valence-corrected chi connectivity index (χ0v) is 17.4. The molecule has 0 spiro atoms. The zero-order valence-electron chi connectivity index (χ0n) is 17.4. The van der Waals surface area contributed by atoms with Gasteiger partial charge in [0.1, 0.15) is 5.65 Å². The van der Waals surface area contributed by atoms with E-state index < -0.39 is 0 Å². The summed E-state index contributed by atoms with van der Waals surface area (Å²) in [7, 11) is 1.15. The Balaban J connectivity index is 1.86. The largest absolute Gasteiger partial charge is 0.450 e. The first-order chi connectivity index (χ1) is 14.1. The average Bonchev–Trinajstić information content (AvgIpc) is 3.18. The van der Waals surface area contributed by atoms with E-state index in [0.29, 0.717) is 17.3 Å². The number of hydrazone groups is 1. The van der Waals surface area contributed by atoms with Gasteiger partial charge in [-0.15, -0.1) is 0 Å². The third-order valence-electron chi connectivity index (χ3n) is 6.75. The Bertz CT molecular complexity index is 866. The Hall–Kier alpha value is -1.86. The van der Waals surface area contributed by atoms with Crippen molar-refractivity contribution >= 4 is 29.7 Å². The van der Waals surface area contributed by atoms with E-state index in [1.165, 1.54) is 25.7 Å². The Morgan fingerprint density at radius 3 is 3.00 bits per heavy atom. The van der Waals surface area contributed by atoms with E-state index in [4.69, 9.17) is 5.10 Å². The van der Waals surface area contributed by atoms with Crippen LogP contribution in [-0.4, -0.2) is 45.9 Å². The van der Waals surface area contributed by atoms with Crippen LogP contribution < -0.4 is 10.9 Å². The van der Waals surface area contributed by atoms with Crippen molar-refractivity contribution in [1.29, 1.82) is 0 Å². The maximum atomic E-state index is 10.00. The highest BCUT2D eigenvalue weighted by atomic mass is 16.3. The van der Waals surface area contributed by atoms with Crippen molar-refractivity contribution in [2.24, 2.45) is 28.8 Å². The Morgan fingerprint density at radius 1 is 1.38 bits per heavy atom. The molecule has 2 aliphatic carbocycles. The van der Waals surface area contributed by atoms with Crippen molar-refractivity contribution < 1.29 is 10.1 Å². The molecule has 2 aromatic rings. The first-order valence-electron chi connectivity index (χ1n) is 11.0. The lowest BCUT2D eigenvalue weighted by atomic mass is 9.59. The zero-order chi connectivity index (χ0) is 20.4. The number of hydrogen-bond acceptors (Lipinski definition) is 5. The summed E-state index contributed by atoms with van der Waals surface area (Å²) in [6.07, 6.45) is 10.6. The van der Waals surface area contributed by atoms with E-state index in [1.54, 1.807) is 6.20 Å². The van der Waals surface area contributed by atoms with Crippen molar-refractivity contribution in [3.8, 4) is 0 Å². The number of rotatable bonds is 7. The number of pyridine rings is 1. The number of nitrogens with zero attached hydrogens (tertiary/aromatic N) is 2. The molecule has 0 saturated heterocycles. The van der Waals surface area contributed by atoms with Crippen molar-refractivity contribution in [1.82, 2.24) is 15.4 Å². The molecule has 2 bridgehead atoms. The van der Waals surface area contributed by atoms with Gasteiger partial charge in [0.15, 0.2) is 0 Å². The number of nitrogens with one attached hydrogen (secondary N) is 2. The van der Waals surface area contributed by atoms with E-state index in [1.807, 2.05) is 12.3 Å². The fourth-order valence-electron chi connectivity index (χ4n) is 5.65. The molecule has 1 radical (unpaired) electrons. The number of fused-ring (bicyclic) bond motifs is 3. The maximum absolute atomic E-state index is 10.00. The molecule has 7 heteroatoms. The van der Waals surface area contributed by atoms with E-state index >= 15 is 0 Å². The average molecular weight is 395 g/mol. The quantitative estimate of drug-likeness (QED) is 0.329. The van der Waals surface area contributed by atoms with Gasteiger partial charge in [-0.1, -0.05) is 12.8 Å². The van der Waals surface area contributed by atoms with Gasteiger partial charge < -0.3 is 20.5 Å². The molecule has 0 aromatic carbocycles. The van der Waals surface area contributed by atoms with Crippen LogP contribution in [0.4, 0.5) is 0 Å². The smallest absolute Gasteiger partial charge is 0.329 e. The number of H-pyrrole nitrogens is 1. The monoisotopic (exact) mass is 395 g/mol. The van der Waals surface area contributed by atoms with Crippen LogP contribution in [0.3, 0.4) is 0 Å². The Kier molecular flexibility index (Phi) is 6.25. The third-order valence-corrected chi connectivity index (χ3v) is 6.75. The minimum atomic E-state index is 0.209. The molecule has 29 heavy (non-hydrogen) atoms. The molecule has 2 heterocycles. The summed E-state index contributed by atoms with van der Waals surface area (Å²) < 4.78 is 0. The molecule has 2 aromatic heterocycles. The summed E-state index contributed by atoms with van der Waals surface area (Å²) in [6, 6.07) is 2.23. The summed E-state index contributed by atoms with van der Waals surface area (Å²) >= 11 is 0. The molecule has 4 atom stereocenters. The van der Waals surface area contributed by atoms with Crippen molar-refractivity contribution in [2.45, 2.75) is 58.4 Å². The van der Waals surface area contributed by atoms with Gasteiger partial charge in [-0.2, -0.15) is 5.10 Å². The van der Waals surface area contributed by atoms with E-state index in [2.05, 4.69) is 29.2 Å². The second-order valence-corrected chi connectivity index (χ2v) is 9.06. The van der Waals surface area contributed by atoms with E-state index in [-0.39, 0.29) is 18.6 Å². The fraction of sp³-hybridized carbons (Fsp3) is 0.636. The van der Waals surface area contributed by atoms with Crippen molar-refractivity contribution in [3.05, 3.63) is 24.0 Å². The minimum Gasteiger partial charge on any atom is -0.450 e. The van der Waals surface area contributed by atoms with Crippen LogP contribution in [-0.2, 0) is 0 Å². The van der Waals surface area contributed by atoms with Gasteiger partial charge in [0.05, 0.1) is 5.71 Å². The molecule has 2 aliphatic rings. The van der Waals surface area contributed by atoms with Crippen LogP contribution in [0.15, 0.2) is 23.6 Å². The van der Waals surface area contributed by atoms with Gasteiger partial charge in [-0.25, -0.2) is 4.98 Å². The Morgan fingerprint density at radius 2 is 2.24 bits per heavy atom. The van der Waals surface area contributed by atoms with Gasteiger partial charge in [0.25, 0.3) is 0 Å². The number of aliphatic hydroxyl groups excluding tert-OH is 1. The first kappa shape index (κ1) is 20.4. The molecule has 155 valence electrons. The van der Waals surface area contributed by atoms with Gasteiger partial charge in [0, 0.05) is 41.9 Å². The summed E-state index contributed by atoms with van der Waals surface area (Å²) in [5.41, 5.74) is 6.76. The normalized spacial score (nSPS) is 27.4. The Labute approximate surface area is 173 Å². The topological polar surface area (TPSA) is 93.5 Å². The van der Waals surface area contributed by atoms with Crippen molar-refractivity contribution in [2.75, 3.05) is 6.61 Å². The summed E-state index contributed by atoms with van der Waals surface area (Å²) in [4.78, 5) is 7.64. The highest BCUT2D eigenvalue weighted by molar-refractivity contribution is 6.49. The number of aromatic nitrogens is 2. The summed E-state index contributed by atoms with van der Waals surface area (Å²) in [6.45, 7) is 4.38. The molecular weight excluding hydrogens is 363 g/mol. The standard InChI is InChI=1S/C22H32BN4O2/c1-13(2)26-27-21(20-17-6-8-24-22(17)25-12-18(20)23-29)19-15-5-3-4-14(10-15)11-16(19)7-9-28/h6,8,12-16,19,26,28-29H,3-5,7,9-11H2,1-2H3,(H,24,25)/b27-21-. The number of hydrogen-bond donors (Lipinski definition) is 4. The highest BCUT2D eigenvalue weighted by Gasteiger charge is 2.43. The third kappa shape index (κ3) is 4.08. The van der Waals surface area contributed by atoms with Gasteiger partial charge in [-0.05, 0) is 68.8 Å². The summed E-state index contributed by atoms with van der Waals surface area (Å²) in [5.74, 6) is 2.02. The second kappa shape index (κ2) is 8.88. The maximum Gasteiger partial charge on any atom is 0.329 e. The van der Waals surface area contributed by atoms with Crippen LogP contribution in [0, 0.1) is 23.7 Å². The molecule has 4 N–H and O–H groups in total. The van der Waals surface area contributed by atoms with Crippen LogP contribution in [0.2, 0.25) is 0 Å². The first-order valence-corrected chi connectivity index (χ1v) is 11.0. The lowest BCUT2D eigenvalue weighted by Gasteiger charge is -2.46. The van der Waals surface area contributed by atoms with E-state index in [0.717, 1.165) is 48.6 Å². The second-order valence-electron chi connectivity index (χ2n) is 9.06. The van der Waals surface area contributed by atoms with Crippen LogP contribution >= 0.6 is 0 Å². The molecule has 4 unspecified atom stereocenters. The van der Waals surface area contributed by atoms with Crippen LogP contribution in [0.1, 0.15) is 57.9 Å². The minimum absolute atomic E-state index is 0.209. The predicted molar refractivity (Wildman–Crippen MR) is 117 cm³/mol. The molecule has 2 fully saturated rings. The SMILES string of the molecule is CC(C)N/N=C(\c1c([B]O)cnc2[nH]ccc12)C1C(CCO)CC2CCCC1C2. The number of aliphatic hydroxyl groups is 1.